The Bertz CT molecular complexity index is 1520. The third kappa shape index (κ3) is 5.02. The average molecular weight is 518 g/mol. The van der Waals surface area contributed by atoms with Gasteiger partial charge >= 0.3 is 0 Å². The zero-order valence-electron chi connectivity index (χ0n) is 20.3. The molecule has 0 saturated heterocycles. The first-order valence-corrected chi connectivity index (χ1v) is 12.0. The highest BCUT2D eigenvalue weighted by Gasteiger charge is 2.18. The van der Waals surface area contributed by atoms with E-state index >= 15 is 0 Å². The molecule has 11 heteroatoms. The smallest absolute Gasteiger partial charge is 0.262 e. The summed E-state index contributed by atoms with van der Waals surface area (Å²) < 4.78 is 23.6. The molecule has 37 heavy (non-hydrogen) atoms. The summed E-state index contributed by atoms with van der Waals surface area (Å²) in [6.45, 7) is -0.00197. The Morgan fingerprint density at radius 3 is 2.62 bits per heavy atom. The molecule has 2 aromatic heterocycles. The predicted octanol–water partition coefficient (Wildman–Crippen LogP) is 4.08. The Balaban J connectivity index is 1.62. The van der Waals surface area contributed by atoms with Crippen LogP contribution in [0.1, 0.15) is 5.56 Å². The van der Waals surface area contributed by atoms with Gasteiger partial charge in [0.15, 0.2) is 18.1 Å². The number of fused-ring (bicyclic) bond motifs is 1. The number of aromatic nitrogens is 2. The summed E-state index contributed by atoms with van der Waals surface area (Å²) in [7, 11) is 4.68. The maximum Gasteiger partial charge on any atom is 0.262 e. The van der Waals surface area contributed by atoms with Crippen LogP contribution in [0.3, 0.4) is 0 Å². The fourth-order valence-electron chi connectivity index (χ4n) is 3.76. The number of amides is 1. The molecule has 0 aliphatic carbocycles. The number of nitrogens with zero attached hydrogens (tertiary/aromatic N) is 4. The van der Waals surface area contributed by atoms with Crippen LogP contribution in [0.25, 0.3) is 11.3 Å². The summed E-state index contributed by atoms with van der Waals surface area (Å²) in [4.78, 5) is 21.4. The number of hydrogen-bond acceptors (Lipinski definition) is 9. The Labute approximate surface area is 216 Å². The molecule has 0 spiro atoms. The molecule has 4 aromatic rings. The standard InChI is InChI=1S/C26H23N5O5S/c1-33-22-9-16(10-23(34-2)25(22)35-3)12-28-31-20(15-37-26(31)29-18-5-4-8-27-13-18)17-6-7-21-19(11-17)30-24(32)14-36-21/h4-13,15H,14H2,1-3H3,(H,30,32). The van der Waals surface area contributed by atoms with Gasteiger partial charge in [0.25, 0.3) is 5.91 Å². The molecule has 0 fully saturated rings. The van der Waals surface area contributed by atoms with Gasteiger partial charge in [0.2, 0.25) is 10.6 Å². The molecule has 0 atom stereocenters. The Morgan fingerprint density at radius 1 is 1.11 bits per heavy atom. The van der Waals surface area contributed by atoms with Crippen molar-refractivity contribution in [3.63, 3.8) is 0 Å². The quantitative estimate of drug-likeness (QED) is 0.370. The fourth-order valence-corrected chi connectivity index (χ4v) is 4.62. The number of benzene rings is 2. The van der Waals surface area contributed by atoms with Gasteiger partial charge in [0.1, 0.15) is 5.75 Å². The maximum absolute atomic E-state index is 11.8. The lowest BCUT2D eigenvalue weighted by Crippen LogP contribution is -2.25. The average Bonchev–Trinajstić information content (AvgIpc) is 3.33. The Morgan fingerprint density at radius 2 is 1.92 bits per heavy atom. The summed E-state index contributed by atoms with van der Waals surface area (Å²) in [5, 5.41) is 9.56. The summed E-state index contributed by atoms with van der Waals surface area (Å²) in [5.41, 5.74) is 3.64. The highest BCUT2D eigenvalue weighted by atomic mass is 32.1. The lowest BCUT2D eigenvalue weighted by Gasteiger charge is -2.18. The first-order chi connectivity index (χ1) is 18.1. The van der Waals surface area contributed by atoms with Gasteiger partial charge in [0, 0.05) is 22.7 Å². The maximum atomic E-state index is 11.8. The summed E-state index contributed by atoms with van der Waals surface area (Å²) in [6.07, 6.45) is 5.06. The van der Waals surface area contributed by atoms with E-state index in [1.807, 2.05) is 35.7 Å². The van der Waals surface area contributed by atoms with Gasteiger partial charge in [-0.15, -0.1) is 11.3 Å². The lowest BCUT2D eigenvalue weighted by molar-refractivity contribution is -0.118. The van der Waals surface area contributed by atoms with E-state index in [1.54, 1.807) is 56.7 Å². The number of rotatable bonds is 7. The number of nitrogens with one attached hydrogen (secondary N) is 1. The van der Waals surface area contributed by atoms with Crippen LogP contribution < -0.4 is 29.1 Å². The lowest BCUT2D eigenvalue weighted by atomic mass is 10.1. The van der Waals surface area contributed by atoms with Crippen molar-refractivity contribution in [1.29, 1.82) is 0 Å². The van der Waals surface area contributed by atoms with Crippen LogP contribution >= 0.6 is 11.3 Å². The van der Waals surface area contributed by atoms with Gasteiger partial charge in [0.05, 0.1) is 50.8 Å². The first-order valence-electron chi connectivity index (χ1n) is 11.2. The number of thiazole rings is 1. The zero-order valence-corrected chi connectivity index (χ0v) is 21.1. The van der Waals surface area contributed by atoms with Crippen molar-refractivity contribution in [3.05, 3.63) is 70.6 Å². The first kappa shape index (κ1) is 24.1. The molecule has 0 unspecified atom stereocenters. The Kier molecular flexibility index (Phi) is 6.86. The summed E-state index contributed by atoms with van der Waals surface area (Å²) >= 11 is 1.43. The van der Waals surface area contributed by atoms with Gasteiger partial charge in [-0.2, -0.15) is 5.10 Å². The SMILES string of the molecule is COc1cc(C=Nn2c(-c3ccc4c(c3)NC(=O)CO4)csc2=Nc2cccnc2)cc(OC)c1OC. The van der Waals surface area contributed by atoms with Crippen LogP contribution in [0.2, 0.25) is 0 Å². The van der Waals surface area contributed by atoms with Crippen LogP contribution in [0.5, 0.6) is 23.0 Å². The summed E-state index contributed by atoms with van der Waals surface area (Å²) in [6, 6.07) is 12.9. The van der Waals surface area contributed by atoms with Crippen molar-refractivity contribution in [2.45, 2.75) is 0 Å². The zero-order chi connectivity index (χ0) is 25.8. The van der Waals surface area contributed by atoms with Crippen LogP contribution in [0.4, 0.5) is 11.4 Å². The normalized spacial score (nSPS) is 13.2. The molecule has 2 aromatic carbocycles. The highest BCUT2D eigenvalue weighted by molar-refractivity contribution is 7.07. The second-order valence-corrected chi connectivity index (χ2v) is 8.63. The van der Waals surface area contributed by atoms with Gasteiger partial charge in [-0.1, -0.05) is 0 Å². The van der Waals surface area contributed by atoms with Crippen molar-refractivity contribution in [2.75, 3.05) is 33.3 Å². The number of carbonyl (C=O) groups excluding carboxylic acids is 1. The molecular formula is C26H23N5O5S. The van der Waals surface area contributed by atoms with Crippen LogP contribution in [0, 0.1) is 0 Å². The molecule has 3 heterocycles. The minimum Gasteiger partial charge on any atom is -0.493 e. The molecule has 0 saturated carbocycles. The van der Waals surface area contributed by atoms with Crippen molar-refractivity contribution in [2.24, 2.45) is 10.1 Å². The summed E-state index contributed by atoms with van der Waals surface area (Å²) in [5.74, 6) is 1.95. The third-order valence-corrected chi connectivity index (χ3v) is 6.29. The molecule has 1 aliphatic rings. The third-order valence-electron chi connectivity index (χ3n) is 5.47. The van der Waals surface area contributed by atoms with Crippen LogP contribution in [0.15, 0.2) is 70.3 Å². The molecule has 188 valence electrons. The minimum absolute atomic E-state index is 0.00197. The van der Waals surface area contributed by atoms with Gasteiger partial charge in [-0.3, -0.25) is 9.78 Å². The largest absolute Gasteiger partial charge is 0.493 e. The van der Waals surface area contributed by atoms with Gasteiger partial charge < -0.3 is 24.3 Å². The van der Waals surface area contributed by atoms with Crippen molar-refractivity contribution in [3.8, 4) is 34.3 Å². The van der Waals surface area contributed by atoms with Crippen molar-refractivity contribution in [1.82, 2.24) is 9.66 Å². The molecule has 1 amide bonds. The number of hydrogen-bond donors (Lipinski definition) is 1. The van der Waals surface area contributed by atoms with Crippen LogP contribution in [-0.4, -0.2) is 49.7 Å². The fraction of sp³-hybridized carbons (Fsp3) is 0.154. The van der Waals surface area contributed by atoms with E-state index in [4.69, 9.17) is 29.0 Å². The van der Waals surface area contributed by atoms with E-state index in [0.29, 0.717) is 39.2 Å². The van der Waals surface area contributed by atoms with Gasteiger partial charge in [-0.05, 0) is 42.5 Å². The minimum atomic E-state index is -0.199. The molecule has 5 rings (SSSR count). The number of ether oxygens (including phenoxy) is 4. The Hall–Kier alpha value is -4.64. The molecule has 1 N–H and O–H groups in total. The number of anilines is 1. The van der Waals surface area contributed by atoms with Crippen molar-refractivity contribution >= 4 is 34.8 Å². The molecule has 0 bridgehead atoms. The monoisotopic (exact) mass is 517 g/mol. The van der Waals surface area contributed by atoms with E-state index in [9.17, 15) is 4.79 Å². The van der Waals surface area contributed by atoms with Crippen LogP contribution in [-0.2, 0) is 4.79 Å². The predicted molar refractivity (Wildman–Crippen MR) is 140 cm³/mol. The van der Waals surface area contributed by atoms with Crippen molar-refractivity contribution < 1.29 is 23.7 Å². The number of pyridine rings is 1. The second-order valence-electron chi connectivity index (χ2n) is 7.79. The molecule has 0 radical (unpaired) electrons. The van der Waals surface area contributed by atoms with E-state index < -0.39 is 0 Å². The highest BCUT2D eigenvalue weighted by Crippen LogP contribution is 2.38. The van der Waals surface area contributed by atoms with Gasteiger partial charge in [-0.25, -0.2) is 9.67 Å². The van der Waals surface area contributed by atoms with E-state index in [1.165, 1.54) is 11.3 Å². The number of carbonyl (C=O) groups is 1. The molecule has 10 nitrogen and oxygen atoms in total. The van der Waals surface area contributed by atoms with E-state index in [0.717, 1.165) is 16.8 Å². The molecular weight excluding hydrogens is 494 g/mol. The number of methoxy groups -OCH3 is 3. The second kappa shape index (κ2) is 10.5. The van der Waals surface area contributed by atoms with E-state index in [2.05, 4.69) is 10.3 Å². The topological polar surface area (TPSA) is 109 Å². The molecule has 1 aliphatic heterocycles. The van der Waals surface area contributed by atoms with E-state index in [-0.39, 0.29) is 12.5 Å².